The molecule has 27 heavy (non-hydrogen) atoms. The van der Waals surface area contributed by atoms with Gasteiger partial charge in [0.1, 0.15) is 12.4 Å². The van der Waals surface area contributed by atoms with Gasteiger partial charge in [-0.05, 0) is 37.1 Å². The average molecular weight is 421 g/mol. The van der Waals surface area contributed by atoms with Gasteiger partial charge in [-0.1, -0.05) is 47.8 Å². The highest BCUT2D eigenvalue weighted by Crippen LogP contribution is 2.35. The highest BCUT2D eigenvalue weighted by Gasteiger charge is 2.22. The zero-order chi connectivity index (χ0) is 18.6. The van der Waals surface area contributed by atoms with E-state index in [9.17, 15) is 0 Å². The van der Waals surface area contributed by atoms with Gasteiger partial charge in [0.25, 0.3) is 0 Å². The quantitative estimate of drug-likeness (QED) is 0.520. The standard InChI is InChI=1S/C19H18Cl2N4OS/c20-16-8-7-14(10-17(16)21)26-12-18-23-24-19(27-15-5-1-2-6-15)25(18)13-4-3-9-22-11-13/h3-4,7-11,15H,1-2,5-6,12H2. The maximum absolute atomic E-state index is 6.07. The molecule has 0 amide bonds. The van der Waals surface area contributed by atoms with Crippen LogP contribution in [0.1, 0.15) is 31.5 Å². The van der Waals surface area contributed by atoms with E-state index >= 15 is 0 Å². The number of hydrogen-bond acceptors (Lipinski definition) is 5. The van der Waals surface area contributed by atoms with E-state index in [4.69, 9.17) is 27.9 Å². The van der Waals surface area contributed by atoms with Crippen LogP contribution in [0.2, 0.25) is 10.0 Å². The monoisotopic (exact) mass is 420 g/mol. The molecule has 2 heterocycles. The first-order chi connectivity index (χ1) is 13.2. The fourth-order valence-corrected chi connectivity index (χ4v) is 4.64. The van der Waals surface area contributed by atoms with Gasteiger partial charge in [0.05, 0.1) is 21.9 Å². The summed E-state index contributed by atoms with van der Waals surface area (Å²) >= 11 is 13.8. The van der Waals surface area contributed by atoms with Crippen molar-refractivity contribution in [2.24, 2.45) is 0 Å². The second kappa shape index (κ2) is 8.50. The van der Waals surface area contributed by atoms with Gasteiger partial charge in [0.15, 0.2) is 11.0 Å². The van der Waals surface area contributed by atoms with E-state index in [0.29, 0.717) is 21.0 Å². The summed E-state index contributed by atoms with van der Waals surface area (Å²) in [7, 11) is 0. The van der Waals surface area contributed by atoms with Gasteiger partial charge >= 0.3 is 0 Å². The number of rotatable bonds is 6. The Balaban J connectivity index is 1.59. The van der Waals surface area contributed by atoms with E-state index in [1.54, 1.807) is 36.2 Å². The Hall–Kier alpha value is -1.76. The summed E-state index contributed by atoms with van der Waals surface area (Å²) in [6.45, 7) is 0.269. The molecule has 0 bridgehead atoms. The maximum Gasteiger partial charge on any atom is 0.196 e. The Labute approximate surface area is 172 Å². The third-order valence-electron chi connectivity index (χ3n) is 4.44. The third-order valence-corrected chi connectivity index (χ3v) is 6.46. The molecule has 140 valence electrons. The van der Waals surface area contributed by atoms with Crippen molar-refractivity contribution < 1.29 is 4.74 Å². The molecule has 0 aliphatic heterocycles. The maximum atomic E-state index is 6.07. The minimum Gasteiger partial charge on any atom is -0.486 e. The first-order valence-electron chi connectivity index (χ1n) is 8.80. The molecule has 1 fully saturated rings. The van der Waals surface area contributed by atoms with Gasteiger partial charge < -0.3 is 4.74 Å². The first-order valence-corrected chi connectivity index (χ1v) is 10.4. The Kier molecular flexibility index (Phi) is 5.86. The highest BCUT2D eigenvalue weighted by molar-refractivity contribution is 7.99. The van der Waals surface area contributed by atoms with Crippen molar-refractivity contribution in [2.75, 3.05) is 0 Å². The van der Waals surface area contributed by atoms with Crippen LogP contribution in [0, 0.1) is 0 Å². The third kappa shape index (κ3) is 4.39. The molecule has 1 aromatic carbocycles. The summed E-state index contributed by atoms with van der Waals surface area (Å²) in [5, 5.41) is 11.2. The SMILES string of the molecule is Clc1ccc(OCc2nnc(SC3CCCC3)n2-c2cccnc2)cc1Cl. The Bertz CT molecular complexity index is 913. The predicted octanol–water partition coefficient (Wildman–Crippen LogP) is 5.58. The zero-order valence-corrected chi connectivity index (χ0v) is 16.8. The molecule has 4 rings (SSSR count). The largest absolute Gasteiger partial charge is 0.486 e. The summed E-state index contributed by atoms with van der Waals surface area (Å²) in [4.78, 5) is 4.24. The van der Waals surface area contributed by atoms with Crippen LogP contribution >= 0.6 is 35.0 Å². The lowest BCUT2D eigenvalue weighted by atomic mass is 10.3. The van der Waals surface area contributed by atoms with Gasteiger partial charge in [-0.3, -0.25) is 9.55 Å². The molecule has 0 radical (unpaired) electrons. The summed E-state index contributed by atoms with van der Waals surface area (Å²) in [6, 6.07) is 9.10. The van der Waals surface area contributed by atoms with E-state index in [-0.39, 0.29) is 6.61 Å². The molecule has 1 aliphatic rings. The van der Waals surface area contributed by atoms with E-state index in [1.165, 1.54) is 25.7 Å². The first kappa shape index (κ1) is 18.6. The molecule has 0 unspecified atom stereocenters. The van der Waals surface area contributed by atoms with Gasteiger partial charge in [-0.25, -0.2) is 0 Å². The van der Waals surface area contributed by atoms with Crippen LogP contribution in [0.5, 0.6) is 5.75 Å². The summed E-state index contributed by atoms with van der Waals surface area (Å²) < 4.78 is 7.90. The Morgan fingerprint density at radius 3 is 2.70 bits per heavy atom. The van der Waals surface area contributed by atoms with E-state index in [2.05, 4.69) is 15.2 Å². The topological polar surface area (TPSA) is 52.8 Å². The minimum atomic E-state index is 0.269. The van der Waals surface area contributed by atoms with Gasteiger partial charge in [-0.2, -0.15) is 0 Å². The Morgan fingerprint density at radius 2 is 1.96 bits per heavy atom. The number of thioether (sulfide) groups is 1. The van der Waals surface area contributed by atoms with Gasteiger partial charge in [0.2, 0.25) is 0 Å². The number of benzene rings is 1. The smallest absolute Gasteiger partial charge is 0.196 e. The van der Waals surface area contributed by atoms with E-state index in [0.717, 1.165) is 16.7 Å². The second-order valence-electron chi connectivity index (χ2n) is 6.33. The molecule has 2 aromatic heterocycles. The minimum absolute atomic E-state index is 0.269. The molecule has 0 saturated heterocycles. The van der Waals surface area contributed by atoms with Crippen molar-refractivity contribution in [1.29, 1.82) is 0 Å². The number of halogens is 2. The van der Waals surface area contributed by atoms with Crippen LogP contribution in [0.3, 0.4) is 0 Å². The fourth-order valence-electron chi connectivity index (χ4n) is 3.09. The highest BCUT2D eigenvalue weighted by atomic mass is 35.5. The van der Waals surface area contributed by atoms with Crippen LogP contribution in [0.25, 0.3) is 5.69 Å². The molecule has 8 heteroatoms. The molecule has 3 aromatic rings. The molecule has 0 spiro atoms. The lowest BCUT2D eigenvalue weighted by molar-refractivity contribution is 0.293. The van der Waals surface area contributed by atoms with Crippen LogP contribution in [-0.4, -0.2) is 25.0 Å². The molecule has 0 N–H and O–H groups in total. The van der Waals surface area contributed by atoms with Crippen molar-refractivity contribution in [2.45, 2.75) is 42.7 Å². The number of pyridine rings is 1. The lowest BCUT2D eigenvalue weighted by Gasteiger charge is -2.13. The normalized spacial score (nSPS) is 14.6. The summed E-state index contributed by atoms with van der Waals surface area (Å²) in [5.41, 5.74) is 0.927. The van der Waals surface area contributed by atoms with Gasteiger partial charge in [-0.15, -0.1) is 10.2 Å². The zero-order valence-electron chi connectivity index (χ0n) is 14.5. The van der Waals surface area contributed by atoms with E-state index < -0.39 is 0 Å². The van der Waals surface area contributed by atoms with E-state index in [1.807, 2.05) is 22.9 Å². The molecule has 1 saturated carbocycles. The summed E-state index contributed by atoms with van der Waals surface area (Å²) in [6.07, 6.45) is 8.57. The molecular formula is C19H18Cl2N4OS. The van der Waals surface area contributed by atoms with Crippen molar-refractivity contribution in [1.82, 2.24) is 19.7 Å². The van der Waals surface area contributed by atoms with Crippen LogP contribution < -0.4 is 4.74 Å². The molecule has 5 nitrogen and oxygen atoms in total. The van der Waals surface area contributed by atoms with Crippen molar-refractivity contribution in [3.63, 3.8) is 0 Å². The number of hydrogen-bond donors (Lipinski definition) is 0. The molecular weight excluding hydrogens is 403 g/mol. The Morgan fingerprint density at radius 1 is 1.11 bits per heavy atom. The van der Waals surface area contributed by atoms with Crippen LogP contribution in [0.4, 0.5) is 0 Å². The van der Waals surface area contributed by atoms with Crippen molar-refractivity contribution in [3.05, 3.63) is 58.6 Å². The van der Waals surface area contributed by atoms with Crippen molar-refractivity contribution >= 4 is 35.0 Å². The number of ether oxygens (including phenoxy) is 1. The molecule has 1 aliphatic carbocycles. The fraction of sp³-hybridized carbons (Fsp3) is 0.316. The number of nitrogens with zero attached hydrogens (tertiary/aromatic N) is 4. The predicted molar refractivity (Wildman–Crippen MR) is 108 cm³/mol. The lowest BCUT2D eigenvalue weighted by Crippen LogP contribution is -2.08. The van der Waals surface area contributed by atoms with Crippen molar-refractivity contribution in [3.8, 4) is 11.4 Å². The number of aromatic nitrogens is 4. The summed E-state index contributed by atoms with van der Waals surface area (Å²) in [5.74, 6) is 1.35. The van der Waals surface area contributed by atoms with Crippen LogP contribution in [0.15, 0.2) is 47.9 Å². The van der Waals surface area contributed by atoms with Crippen LogP contribution in [-0.2, 0) is 6.61 Å². The molecule has 0 atom stereocenters. The van der Waals surface area contributed by atoms with Gasteiger partial charge in [0, 0.05) is 17.5 Å². The average Bonchev–Trinajstić information content (AvgIpc) is 3.34. The second-order valence-corrected chi connectivity index (χ2v) is 8.42.